The number of para-hydroxylation sites is 1. The second-order valence-corrected chi connectivity index (χ2v) is 7.48. The number of nitrogens with one attached hydrogen (secondary N) is 1. The summed E-state index contributed by atoms with van der Waals surface area (Å²) in [6.45, 7) is 0.689. The lowest BCUT2D eigenvalue weighted by Gasteiger charge is -2.17. The fraction of sp³-hybridized carbons (Fsp3) is 0.500. The summed E-state index contributed by atoms with van der Waals surface area (Å²) in [6, 6.07) is 5.81. The van der Waals surface area contributed by atoms with Gasteiger partial charge in [0, 0.05) is 12.1 Å². The van der Waals surface area contributed by atoms with Crippen molar-refractivity contribution in [3.8, 4) is 5.75 Å². The SMILES string of the molecule is CNCc1cccc(Br)c1OC1CCS(=O)(=O)C1. The van der Waals surface area contributed by atoms with Crippen LogP contribution in [0.5, 0.6) is 5.75 Å². The third-order valence-corrected chi connectivity index (χ3v) is 5.25. The third kappa shape index (κ3) is 3.24. The Balaban J connectivity index is 2.18. The fourth-order valence-electron chi connectivity index (χ4n) is 2.04. The van der Waals surface area contributed by atoms with Crippen molar-refractivity contribution < 1.29 is 13.2 Å². The van der Waals surface area contributed by atoms with Gasteiger partial charge in [-0.05, 0) is 35.5 Å². The zero-order valence-corrected chi connectivity index (χ0v) is 12.6. The molecule has 1 fully saturated rings. The first-order valence-corrected chi connectivity index (χ1v) is 8.42. The van der Waals surface area contributed by atoms with E-state index in [2.05, 4.69) is 21.2 Å². The quantitative estimate of drug-likeness (QED) is 0.911. The maximum atomic E-state index is 11.4. The van der Waals surface area contributed by atoms with Gasteiger partial charge in [0.05, 0.1) is 16.0 Å². The van der Waals surface area contributed by atoms with Crippen molar-refractivity contribution in [1.82, 2.24) is 5.32 Å². The van der Waals surface area contributed by atoms with Crippen molar-refractivity contribution in [2.75, 3.05) is 18.6 Å². The van der Waals surface area contributed by atoms with E-state index in [9.17, 15) is 8.42 Å². The van der Waals surface area contributed by atoms with Gasteiger partial charge < -0.3 is 10.1 Å². The van der Waals surface area contributed by atoms with Crippen molar-refractivity contribution in [3.63, 3.8) is 0 Å². The Hall–Kier alpha value is -0.590. The van der Waals surface area contributed by atoms with Gasteiger partial charge in [-0.2, -0.15) is 0 Å². The Kier molecular flexibility index (Phi) is 4.29. The number of hydrogen-bond donors (Lipinski definition) is 1. The van der Waals surface area contributed by atoms with Crippen LogP contribution < -0.4 is 10.1 Å². The number of benzene rings is 1. The van der Waals surface area contributed by atoms with Gasteiger partial charge in [0.2, 0.25) is 0 Å². The highest BCUT2D eigenvalue weighted by Crippen LogP contribution is 2.31. The molecule has 1 aliphatic rings. The van der Waals surface area contributed by atoms with Crippen molar-refractivity contribution in [1.29, 1.82) is 0 Å². The molecule has 100 valence electrons. The predicted molar refractivity (Wildman–Crippen MR) is 74.6 cm³/mol. The minimum absolute atomic E-state index is 0.118. The van der Waals surface area contributed by atoms with E-state index in [4.69, 9.17) is 4.74 Å². The highest BCUT2D eigenvalue weighted by atomic mass is 79.9. The second-order valence-electron chi connectivity index (χ2n) is 4.40. The van der Waals surface area contributed by atoms with E-state index < -0.39 is 9.84 Å². The van der Waals surface area contributed by atoms with Crippen molar-refractivity contribution in [2.24, 2.45) is 0 Å². The summed E-state index contributed by atoms with van der Waals surface area (Å²) in [5, 5.41) is 3.07. The van der Waals surface area contributed by atoms with E-state index in [0.29, 0.717) is 13.0 Å². The molecule has 1 heterocycles. The summed E-state index contributed by atoms with van der Waals surface area (Å²) < 4.78 is 29.6. The average molecular weight is 334 g/mol. The van der Waals surface area contributed by atoms with E-state index in [1.165, 1.54) is 0 Å². The average Bonchev–Trinajstić information content (AvgIpc) is 2.63. The van der Waals surface area contributed by atoms with Crippen LogP contribution in [0, 0.1) is 0 Å². The van der Waals surface area contributed by atoms with Crippen molar-refractivity contribution in [3.05, 3.63) is 28.2 Å². The summed E-state index contributed by atoms with van der Waals surface area (Å²) in [4.78, 5) is 0. The lowest BCUT2D eigenvalue weighted by atomic mass is 10.2. The number of halogens is 1. The molecule has 1 N–H and O–H groups in total. The molecule has 6 heteroatoms. The maximum Gasteiger partial charge on any atom is 0.154 e. The van der Waals surface area contributed by atoms with Gasteiger partial charge in [0.25, 0.3) is 0 Å². The van der Waals surface area contributed by atoms with Gasteiger partial charge in [0.15, 0.2) is 9.84 Å². The minimum Gasteiger partial charge on any atom is -0.488 e. The highest BCUT2D eigenvalue weighted by Gasteiger charge is 2.30. The first kappa shape index (κ1) is 13.8. The molecule has 0 spiro atoms. The molecule has 1 aliphatic heterocycles. The number of ether oxygens (including phenoxy) is 1. The molecule has 18 heavy (non-hydrogen) atoms. The van der Waals surface area contributed by atoms with E-state index >= 15 is 0 Å². The highest BCUT2D eigenvalue weighted by molar-refractivity contribution is 9.10. The second kappa shape index (κ2) is 5.59. The monoisotopic (exact) mass is 333 g/mol. The van der Waals surface area contributed by atoms with Crippen LogP contribution in [-0.4, -0.2) is 33.1 Å². The van der Waals surface area contributed by atoms with E-state index in [-0.39, 0.29) is 17.6 Å². The summed E-state index contributed by atoms with van der Waals surface area (Å²) in [6.07, 6.45) is 0.340. The summed E-state index contributed by atoms with van der Waals surface area (Å²) in [7, 11) is -1.04. The molecule has 0 saturated carbocycles. The molecule has 0 radical (unpaired) electrons. The Morgan fingerprint density at radius 1 is 1.50 bits per heavy atom. The Morgan fingerprint density at radius 2 is 2.28 bits per heavy atom. The fourth-order valence-corrected chi connectivity index (χ4v) is 4.13. The van der Waals surface area contributed by atoms with Crippen LogP contribution in [0.25, 0.3) is 0 Å². The Labute approximate surface area is 116 Å². The maximum absolute atomic E-state index is 11.4. The van der Waals surface area contributed by atoms with Crippen LogP contribution in [0.4, 0.5) is 0 Å². The normalized spacial score (nSPS) is 22.0. The summed E-state index contributed by atoms with van der Waals surface area (Å²) in [5.74, 6) is 1.09. The van der Waals surface area contributed by atoms with E-state index in [1.54, 1.807) is 0 Å². The number of sulfone groups is 1. The molecular weight excluding hydrogens is 318 g/mol. The molecule has 1 aromatic carbocycles. The van der Waals surface area contributed by atoms with Crippen LogP contribution in [0.1, 0.15) is 12.0 Å². The van der Waals surface area contributed by atoms with Crippen LogP contribution >= 0.6 is 15.9 Å². The number of hydrogen-bond acceptors (Lipinski definition) is 4. The Bertz CT molecular complexity index is 530. The van der Waals surface area contributed by atoms with Crippen molar-refractivity contribution in [2.45, 2.75) is 19.1 Å². The molecule has 1 atom stereocenters. The smallest absolute Gasteiger partial charge is 0.154 e. The van der Waals surface area contributed by atoms with Gasteiger partial charge in [-0.15, -0.1) is 0 Å². The molecule has 1 unspecified atom stereocenters. The van der Waals surface area contributed by atoms with Crippen LogP contribution in [0.3, 0.4) is 0 Å². The largest absolute Gasteiger partial charge is 0.488 e. The van der Waals surface area contributed by atoms with Gasteiger partial charge in [-0.25, -0.2) is 8.42 Å². The number of rotatable bonds is 4. The molecule has 0 aliphatic carbocycles. The summed E-state index contributed by atoms with van der Waals surface area (Å²) in [5.41, 5.74) is 1.02. The predicted octanol–water partition coefficient (Wildman–Crippen LogP) is 1.73. The van der Waals surface area contributed by atoms with Gasteiger partial charge in [-0.1, -0.05) is 12.1 Å². The van der Waals surface area contributed by atoms with Crippen LogP contribution in [-0.2, 0) is 16.4 Å². The van der Waals surface area contributed by atoms with Gasteiger partial charge in [-0.3, -0.25) is 0 Å². The molecule has 0 amide bonds. The molecule has 1 aromatic rings. The zero-order valence-electron chi connectivity index (χ0n) is 10.1. The molecule has 2 rings (SSSR count). The van der Waals surface area contributed by atoms with E-state index in [1.807, 2.05) is 25.2 Å². The molecule has 0 aromatic heterocycles. The molecule has 0 bridgehead atoms. The standard InChI is InChI=1S/C12H16BrNO3S/c1-14-7-9-3-2-4-11(13)12(9)17-10-5-6-18(15,16)8-10/h2-4,10,14H,5-8H2,1H3. The third-order valence-electron chi connectivity index (χ3n) is 2.89. The molecule has 4 nitrogen and oxygen atoms in total. The topological polar surface area (TPSA) is 55.4 Å². The van der Waals surface area contributed by atoms with Crippen LogP contribution in [0.15, 0.2) is 22.7 Å². The zero-order chi connectivity index (χ0) is 13.2. The molecular formula is C12H16BrNO3S. The summed E-state index contributed by atoms with van der Waals surface area (Å²) >= 11 is 3.45. The first-order chi connectivity index (χ1) is 8.52. The minimum atomic E-state index is -2.91. The van der Waals surface area contributed by atoms with Crippen LogP contribution in [0.2, 0.25) is 0 Å². The Morgan fingerprint density at radius 3 is 2.89 bits per heavy atom. The van der Waals surface area contributed by atoms with E-state index in [0.717, 1.165) is 15.8 Å². The van der Waals surface area contributed by atoms with Gasteiger partial charge in [0.1, 0.15) is 11.9 Å². The van der Waals surface area contributed by atoms with Gasteiger partial charge >= 0.3 is 0 Å². The lowest BCUT2D eigenvalue weighted by molar-refractivity contribution is 0.225. The first-order valence-electron chi connectivity index (χ1n) is 5.81. The molecule has 1 saturated heterocycles. The van der Waals surface area contributed by atoms with Crippen molar-refractivity contribution >= 4 is 25.8 Å². The lowest BCUT2D eigenvalue weighted by Crippen LogP contribution is -2.19.